The van der Waals surface area contributed by atoms with Gasteiger partial charge in [0.2, 0.25) is 0 Å². The lowest BCUT2D eigenvalue weighted by Gasteiger charge is -2.18. The monoisotopic (exact) mass is 255 g/mol. The second-order valence-corrected chi connectivity index (χ2v) is 3.36. The zero-order valence-corrected chi connectivity index (χ0v) is 8.60. The number of alkyl halides is 3. The summed E-state index contributed by atoms with van der Waals surface area (Å²) in [6.07, 6.45) is -4.51. The van der Waals surface area contributed by atoms with Gasteiger partial charge < -0.3 is 10.5 Å². The van der Waals surface area contributed by atoms with E-state index in [2.05, 4.69) is 4.74 Å². The molecule has 0 aliphatic rings. The molecule has 1 aromatic carbocycles. The summed E-state index contributed by atoms with van der Waals surface area (Å²) in [5.74, 6) is -4.20. The summed E-state index contributed by atoms with van der Waals surface area (Å²) in [5.41, 5.74) is 4.93. The highest BCUT2D eigenvalue weighted by Gasteiger charge is 2.39. The van der Waals surface area contributed by atoms with Gasteiger partial charge in [-0.05, 0) is 12.1 Å². The molecule has 0 aliphatic heterocycles. The van der Waals surface area contributed by atoms with E-state index in [-0.39, 0.29) is 0 Å². The van der Waals surface area contributed by atoms with Crippen molar-refractivity contribution in [2.45, 2.75) is 6.18 Å². The molecular weight excluding hydrogens is 245 g/mol. The highest BCUT2D eigenvalue weighted by Crippen LogP contribution is 2.27. The van der Waals surface area contributed by atoms with Crippen LogP contribution in [0.2, 0.25) is 0 Å². The van der Waals surface area contributed by atoms with Gasteiger partial charge in [0, 0.05) is 12.6 Å². The standard InChI is InChI=1S/C10H10F5NO/c11-7-1-2-9(8(12)3-7)17-5-6(4-16)10(13,14)15/h1-3,6H,4-5,16H2. The molecule has 1 unspecified atom stereocenters. The SMILES string of the molecule is NCC(COc1ccc(F)cc1F)C(F)(F)F. The molecule has 0 aromatic heterocycles. The van der Waals surface area contributed by atoms with Crippen molar-refractivity contribution < 1.29 is 26.7 Å². The molecule has 1 aromatic rings. The summed E-state index contributed by atoms with van der Waals surface area (Å²) < 4.78 is 67.0. The fourth-order valence-corrected chi connectivity index (χ4v) is 1.08. The topological polar surface area (TPSA) is 35.2 Å². The third kappa shape index (κ3) is 3.85. The second kappa shape index (κ2) is 5.31. The molecule has 7 heteroatoms. The summed E-state index contributed by atoms with van der Waals surface area (Å²) in [6.45, 7) is -1.46. The molecule has 2 N–H and O–H groups in total. The molecule has 0 amide bonds. The minimum Gasteiger partial charge on any atom is -0.490 e. The van der Waals surface area contributed by atoms with E-state index in [1.807, 2.05) is 0 Å². The molecule has 0 fully saturated rings. The van der Waals surface area contributed by atoms with Gasteiger partial charge >= 0.3 is 6.18 Å². The van der Waals surface area contributed by atoms with Gasteiger partial charge in [-0.1, -0.05) is 0 Å². The van der Waals surface area contributed by atoms with E-state index in [1.165, 1.54) is 0 Å². The highest BCUT2D eigenvalue weighted by atomic mass is 19.4. The Labute approximate surface area is 94.2 Å². The number of rotatable bonds is 4. The van der Waals surface area contributed by atoms with Crippen molar-refractivity contribution in [1.29, 1.82) is 0 Å². The third-order valence-electron chi connectivity index (χ3n) is 2.08. The van der Waals surface area contributed by atoms with Gasteiger partial charge in [0.05, 0.1) is 0 Å². The van der Waals surface area contributed by atoms with Gasteiger partial charge in [-0.3, -0.25) is 0 Å². The van der Waals surface area contributed by atoms with Crippen molar-refractivity contribution in [3.05, 3.63) is 29.8 Å². The fourth-order valence-electron chi connectivity index (χ4n) is 1.08. The lowest BCUT2D eigenvalue weighted by atomic mass is 10.1. The van der Waals surface area contributed by atoms with Crippen LogP contribution in [-0.2, 0) is 0 Å². The summed E-state index contributed by atoms with van der Waals surface area (Å²) in [6, 6.07) is 2.35. The molecule has 0 aliphatic carbocycles. The third-order valence-corrected chi connectivity index (χ3v) is 2.08. The number of halogens is 5. The van der Waals surface area contributed by atoms with Gasteiger partial charge in [-0.15, -0.1) is 0 Å². The quantitative estimate of drug-likeness (QED) is 0.839. The van der Waals surface area contributed by atoms with Crippen LogP contribution in [0.1, 0.15) is 0 Å². The van der Waals surface area contributed by atoms with E-state index in [0.29, 0.717) is 6.07 Å². The fraction of sp³-hybridized carbons (Fsp3) is 0.400. The van der Waals surface area contributed by atoms with Gasteiger partial charge in [0.1, 0.15) is 18.3 Å². The summed E-state index contributed by atoms with van der Waals surface area (Å²) in [4.78, 5) is 0. The summed E-state index contributed by atoms with van der Waals surface area (Å²) >= 11 is 0. The number of hydrogen-bond acceptors (Lipinski definition) is 2. The Morgan fingerprint density at radius 1 is 1.24 bits per heavy atom. The first-order valence-corrected chi connectivity index (χ1v) is 4.69. The van der Waals surface area contributed by atoms with Crippen LogP contribution in [0.15, 0.2) is 18.2 Å². The van der Waals surface area contributed by atoms with Crippen molar-refractivity contribution in [3.63, 3.8) is 0 Å². The lowest BCUT2D eigenvalue weighted by molar-refractivity contribution is -0.178. The normalized spacial score (nSPS) is 13.5. The van der Waals surface area contributed by atoms with Crippen LogP contribution < -0.4 is 10.5 Å². The molecular formula is C10H10F5NO. The van der Waals surface area contributed by atoms with Crippen LogP contribution in [0.5, 0.6) is 5.75 Å². The molecule has 2 nitrogen and oxygen atoms in total. The predicted molar refractivity (Wildman–Crippen MR) is 50.5 cm³/mol. The average Bonchev–Trinajstić information content (AvgIpc) is 2.19. The maximum atomic E-state index is 13.0. The zero-order chi connectivity index (χ0) is 13.1. The molecule has 0 spiro atoms. The van der Waals surface area contributed by atoms with Crippen molar-refractivity contribution in [3.8, 4) is 5.75 Å². The Morgan fingerprint density at radius 2 is 1.88 bits per heavy atom. The van der Waals surface area contributed by atoms with E-state index in [4.69, 9.17) is 5.73 Å². The second-order valence-electron chi connectivity index (χ2n) is 3.36. The molecule has 0 bridgehead atoms. The van der Waals surface area contributed by atoms with Gasteiger partial charge in [0.15, 0.2) is 11.6 Å². The summed E-state index contributed by atoms with van der Waals surface area (Å²) in [7, 11) is 0. The number of hydrogen-bond donors (Lipinski definition) is 1. The van der Waals surface area contributed by atoms with Crippen LogP contribution in [0.4, 0.5) is 22.0 Å². The Bertz CT molecular complexity index is 379. The van der Waals surface area contributed by atoms with Gasteiger partial charge in [-0.2, -0.15) is 13.2 Å². The molecule has 1 rings (SSSR count). The Morgan fingerprint density at radius 3 is 2.35 bits per heavy atom. The maximum Gasteiger partial charge on any atom is 0.396 e. The van der Waals surface area contributed by atoms with Crippen LogP contribution in [0.3, 0.4) is 0 Å². The molecule has 1 atom stereocenters. The Kier molecular flexibility index (Phi) is 4.28. The smallest absolute Gasteiger partial charge is 0.396 e. The highest BCUT2D eigenvalue weighted by molar-refractivity contribution is 5.24. The summed E-state index contributed by atoms with van der Waals surface area (Å²) in [5, 5.41) is 0. The Hall–Kier alpha value is -1.37. The number of ether oxygens (including phenoxy) is 1. The van der Waals surface area contributed by atoms with Crippen LogP contribution in [0, 0.1) is 17.6 Å². The van der Waals surface area contributed by atoms with Gasteiger partial charge in [-0.25, -0.2) is 8.78 Å². The van der Waals surface area contributed by atoms with E-state index < -0.39 is 42.6 Å². The maximum absolute atomic E-state index is 13.0. The molecule has 0 radical (unpaired) electrons. The first-order chi connectivity index (χ1) is 7.84. The van der Waals surface area contributed by atoms with Crippen LogP contribution in [0.25, 0.3) is 0 Å². The molecule has 0 heterocycles. The predicted octanol–water partition coefficient (Wildman–Crippen LogP) is 2.48. The van der Waals surface area contributed by atoms with E-state index >= 15 is 0 Å². The van der Waals surface area contributed by atoms with Gasteiger partial charge in [0.25, 0.3) is 0 Å². The largest absolute Gasteiger partial charge is 0.490 e. The van der Waals surface area contributed by atoms with E-state index in [9.17, 15) is 22.0 Å². The van der Waals surface area contributed by atoms with E-state index in [1.54, 1.807) is 0 Å². The van der Waals surface area contributed by atoms with Crippen molar-refractivity contribution in [2.75, 3.05) is 13.2 Å². The molecule has 17 heavy (non-hydrogen) atoms. The lowest BCUT2D eigenvalue weighted by Crippen LogP contribution is -2.35. The van der Waals surface area contributed by atoms with Crippen molar-refractivity contribution in [2.24, 2.45) is 11.7 Å². The average molecular weight is 255 g/mol. The van der Waals surface area contributed by atoms with Crippen molar-refractivity contribution >= 4 is 0 Å². The van der Waals surface area contributed by atoms with E-state index in [0.717, 1.165) is 12.1 Å². The number of nitrogens with two attached hydrogens (primary N) is 1. The zero-order valence-electron chi connectivity index (χ0n) is 8.60. The minimum absolute atomic E-state index is 0.436. The first-order valence-electron chi connectivity index (χ1n) is 4.69. The molecule has 96 valence electrons. The number of benzene rings is 1. The Balaban J connectivity index is 2.66. The van der Waals surface area contributed by atoms with Crippen LogP contribution in [-0.4, -0.2) is 19.3 Å². The minimum atomic E-state index is -4.51. The molecule has 0 saturated carbocycles. The molecule has 0 saturated heterocycles. The van der Waals surface area contributed by atoms with Crippen molar-refractivity contribution in [1.82, 2.24) is 0 Å². The van der Waals surface area contributed by atoms with Crippen LogP contribution >= 0.6 is 0 Å². The first kappa shape index (κ1) is 13.7.